The maximum atomic E-state index is 14.3. The predicted molar refractivity (Wildman–Crippen MR) is 79.0 cm³/mol. The number of benzene rings is 1. The summed E-state index contributed by atoms with van der Waals surface area (Å²) in [5.74, 6) is 0.983. The minimum atomic E-state index is -0.421. The molecule has 21 heavy (non-hydrogen) atoms. The molecule has 1 fully saturated rings. The van der Waals surface area contributed by atoms with Crippen LogP contribution in [-0.4, -0.2) is 35.0 Å². The van der Waals surface area contributed by atoms with E-state index in [9.17, 15) is 4.39 Å². The smallest absolute Gasteiger partial charge is 0.224 e. The van der Waals surface area contributed by atoms with Crippen LogP contribution in [0, 0.1) is 5.82 Å². The topological polar surface area (TPSA) is 43.2 Å². The van der Waals surface area contributed by atoms with Crippen LogP contribution in [0.15, 0.2) is 18.2 Å². The van der Waals surface area contributed by atoms with Gasteiger partial charge in [0.2, 0.25) is 5.95 Å². The third-order valence-electron chi connectivity index (χ3n) is 3.80. The summed E-state index contributed by atoms with van der Waals surface area (Å²) in [6.07, 6.45) is 3.58. The van der Waals surface area contributed by atoms with Crippen molar-refractivity contribution >= 4 is 5.95 Å². The van der Waals surface area contributed by atoms with Crippen molar-refractivity contribution in [3.05, 3.63) is 24.0 Å². The summed E-state index contributed by atoms with van der Waals surface area (Å²) < 4.78 is 21.0. The minimum Gasteiger partial charge on any atom is -0.494 e. The first-order chi connectivity index (χ1) is 10.2. The van der Waals surface area contributed by atoms with Crippen molar-refractivity contribution in [2.45, 2.75) is 19.3 Å². The summed E-state index contributed by atoms with van der Waals surface area (Å²) in [4.78, 5) is 6.73. The van der Waals surface area contributed by atoms with E-state index < -0.39 is 5.82 Å². The lowest BCUT2D eigenvalue weighted by Gasteiger charge is -2.26. The fourth-order valence-corrected chi connectivity index (χ4v) is 2.70. The zero-order chi connectivity index (χ0) is 14.8. The molecule has 5 nitrogen and oxygen atoms in total. The highest BCUT2D eigenvalue weighted by Gasteiger charge is 2.20. The van der Waals surface area contributed by atoms with Gasteiger partial charge in [0.15, 0.2) is 17.4 Å². The number of hydrogen-bond acceptors (Lipinski definition) is 4. The number of aromatic nitrogens is 3. The maximum Gasteiger partial charge on any atom is 0.224 e. The molecule has 0 aliphatic carbocycles. The van der Waals surface area contributed by atoms with Gasteiger partial charge in [-0.05, 0) is 31.4 Å². The van der Waals surface area contributed by atoms with Gasteiger partial charge in [0.05, 0.1) is 12.7 Å². The molecule has 2 aromatic rings. The molecule has 6 heteroatoms. The maximum absolute atomic E-state index is 14.3. The summed E-state index contributed by atoms with van der Waals surface area (Å²) in [5.41, 5.74) is 0.369. The Morgan fingerprint density at radius 2 is 1.95 bits per heavy atom. The van der Waals surface area contributed by atoms with Crippen molar-refractivity contribution in [2.24, 2.45) is 7.05 Å². The minimum absolute atomic E-state index is 0.208. The monoisotopic (exact) mass is 290 g/mol. The van der Waals surface area contributed by atoms with Crippen LogP contribution in [0.4, 0.5) is 10.3 Å². The third-order valence-corrected chi connectivity index (χ3v) is 3.80. The quantitative estimate of drug-likeness (QED) is 0.871. The van der Waals surface area contributed by atoms with Crippen LogP contribution in [0.5, 0.6) is 5.75 Å². The van der Waals surface area contributed by atoms with Crippen molar-refractivity contribution in [3.63, 3.8) is 0 Å². The Kier molecular flexibility index (Phi) is 3.77. The molecule has 0 radical (unpaired) electrons. The molecule has 0 saturated carbocycles. The molecule has 112 valence electrons. The molecule has 0 bridgehead atoms. The molecule has 1 aromatic carbocycles. The van der Waals surface area contributed by atoms with Gasteiger partial charge in [0.25, 0.3) is 0 Å². The molecule has 0 unspecified atom stereocenters. The normalized spacial score (nSPS) is 15.3. The van der Waals surface area contributed by atoms with E-state index in [1.165, 1.54) is 13.5 Å². The number of ether oxygens (including phenoxy) is 1. The average molecular weight is 290 g/mol. The van der Waals surface area contributed by atoms with Crippen LogP contribution in [0.3, 0.4) is 0 Å². The highest BCUT2D eigenvalue weighted by Crippen LogP contribution is 2.28. The highest BCUT2D eigenvalue weighted by molar-refractivity contribution is 5.60. The summed E-state index contributed by atoms with van der Waals surface area (Å²) in [5, 5.41) is 4.36. The molecule has 0 spiro atoms. The summed E-state index contributed by atoms with van der Waals surface area (Å²) in [6, 6.07) is 5.01. The van der Waals surface area contributed by atoms with E-state index in [1.807, 2.05) is 7.05 Å². The first-order valence-corrected chi connectivity index (χ1v) is 7.19. The molecule has 0 atom stereocenters. The number of piperidine rings is 1. The lowest BCUT2D eigenvalue weighted by molar-refractivity contribution is 0.387. The van der Waals surface area contributed by atoms with Gasteiger partial charge in [-0.2, -0.15) is 4.98 Å². The molecule has 1 saturated heterocycles. The van der Waals surface area contributed by atoms with Crippen LogP contribution >= 0.6 is 0 Å². The molecule has 0 amide bonds. The van der Waals surface area contributed by atoms with E-state index in [-0.39, 0.29) is 5.75 Å². The zero-order valence-electron chi connectivity index (χ0n) is 12.3. The van der Waals surface area contributed by atoms with Gasteiger partial charge in [-0.25, -0.2) is 9.07 Å². The lowest BCUT2D eigenvalue weighted by Crippen LogP contribution is -2.31. The van der Waals surface area contributed by atoms with Gasteiger partial charge in [0.1, 0.15) is 0 Å². The SMILES string of the molecule is COc1cccc(-c2nc(N3CCCCC3)n(C)n2)c1F. The number of aryl methyl sites for hydroxylation is 1. The molecule has 1 aliphatic rings. The summed E-state index contributed by atoms with van der Waals surface area (Å²) in [6.45, 7) is 1.96. The van der Waals surface area contributed by atoms with E-state index in [0.717, 1.165) is 31.9 Å². The second-order valence-corrected chi connectivity index (χ2v) is 5.23. The first kappa shape index (κ1) is 13.9. The van der Waals surface area contributed by atoms with Crippen molar-refractivity contribution < 1.29 is 9.13 Å². The van der Waals surface area contributed by atoms with Gasteiger partial charge in [-0.3, -0.25) is 0 Å². The molecule has 1 aromatic heterocycles. The molecule has 0 N–H and O–H groups in total. The second-order valence-electron chi connectivity index (χ2n) is 5.23. The second kappa shape index (κ2) is 5.71. The van der Waals surface area contributed by atoms with Gasteiger partial charge in [0, 0.05) is 20.1 Å². The van der Waals surface area contributed by atoms with E-state index >= 15 is 0 Å². The van der Waals surface area contributed by atoms with E-state index in [4.69, 9.17) is 4.74 Å². The molecule has 1 aliphatic heterocycles. The fourth-order valence-electron chi connectivity index (χ4n) is 2.70. The Labute approximate surface area is 123 Å². The van der Waals surface area contributed by atoms with Crippen LogP contribution in [0.2, 0.25) is 0 Å². The number of hydrogen-bond donors (Lipinski definition) is 0. The lowest BCUT2D eigenvalue weighted by atomic mass is 10.1. The molecule has 3 rings (SSSR count). The predicted octanol–water partition coefficient (Wildman–Crippen LogP) is 2.62. The standard InChI is InChI=1S/C15H19FN4O/c1-19-15(20-9-4-3-5-10-20)17-14(18-19)11-7-6-8-12(21-2)13(11)16/h6-8H,3-5,9-10H2,1-2H3. The highest BCUT2D eigenvalue weighted by atomic mass is 19.1. The van der Waals surface area contributed by atoms with Crippen molar-refractivity contribution in [1.29, 1.82) is 0 Å². The van der Waals surface area contributed by atoms with Crippen LogP contribution in [0.1, 0.15) is 19.3 Å². The number of halogens is 1. The van der Waals surface area contributed by atoms with Gasteiger partial charge >= 0.3 is 0 Å². The van der Waals surface area contributed by atoms with Gasteiger partial charge in [-0.1, -0.05) is 6.07 Å². The van der Waals surface area contributed by atoms with E-state index in [0.29, 0.717) is 11.4 Å². The molecular formula is C15H19FN4O. The Hall–Kier alpha value is -2.11. The first-order valence-electron chi connectivity index (χ1n) is 7.19. The fraction of sp³-hybridized carbons (Fsp3) is 0.467. The van der Waals surface area contributed by atoms with Gasteiger partial charge < -0.3 is 9.64 Å². The van der Waals surface area contributed by atoms with E-state index in [2.05, 4.69) is 15.0 Å². The number of nitrogens with zero attached hydrogens (tertiary/aromatic N) is 4. The Morgan fingerprint density at radius 3 is 2.67 bits per heavy atom. The largest absolute Gasteiger partial charge is 0.494 e. The average Bonchev–Trinajstić information content (AvgIpc) is 2.90. The molecule has 2 heterocycles. The van der Waals surface area contributed by atoms with E-state index in [1.54, 1.807) is 22.9 Å². The van der Waals surface area contributed by atoms with Crippen LogP contribution in [-0.2, 0) is 7.05 Å². The van der Waals surface area contributed by atoms with Gasteiger partial charge in [-0.15, -0.1) is 5.10 Å². The summed E-state index contributed by atoms with van der Waals surface area (Å²) >= 11 is 0. The van der Waals surface area contributed by atoms with Crippen molar-refractivity contribution in [2.75, 3.05) is 25.1 Å². The third kappa shape index (κ3) is 2.57. The Morgan fingerprint density at radius 1 is 1.19 bits per heavy atom. The summed E-state index contributed by atoms with van der Waals surface area (Å²) in [7, 11) is 3.30. The Balaban J connectivity index is 1.97. The van der Waals surface area contributed by atoms with Crippen molar-refractivity contribution in [3.8, 4) is 17.1 Å². The zero-order valence-corrected chi connectivity index (χ0v) is 12.3. The Bertz CT molecular complexity index is 635. The van der Waals surface area contributed by atoms with Crippen molar-refractivity contribution in [1.82, 2.24) is 14.8 Å². The number of anilines is 1. The van der Waals surface area contributed by atoms with Crippen LogP contribution < -0.4 is 9.64 Å². The number of rotatable bonds is 3. The number of methoxy groups -OCH3 is 1. The molecular weight excluding hydrogens is 271 g/mol. The van der Waals surface area contributed by atoms with Crippen LogP contribution in [0.25, 0.3) is 11.4 Å².